The summed E-state index contributed by atoms with van der Waals surface area (Å²) in [5, 5.41) is 7.23. The normalized spacial score (nSPS) is 15.5. The van der Waals surface area contributed by atoms with Gasteiger partial charge < -0.3 is 10.2 Å². The highest BCUT2D eigenvalue weighted by molar-refractivity contribution is 5.87. The third-order valence-corrected chi connectivity index (χ3v) is 4.54. The number of carbonyl (C=O) groups excluding carboxylic acids is 1. The zero-order valence-corrected chi connectivity index (χ0v) is 14.1. The van der Waals surface area contributed by atoms with E-state index in [1.165, 1.54) is 6.92 Å². The number of fused-ring (bicyclic) bond motifs is 1. The van der Waals surface area contributed by atoms with Crippen LogP contribution in [0.25, 0.3) is 11.0 Å². The summed E-state index contributed by atoms with van der Waals surface area (Å²) >= 11 is 0. The number of carbonyl (C=O) groups is 1. The van der Waals surface area contributed by atoms with Crippen molar-refractivity contribution in [1.82, 2.24) is 19.7 Å². The van der Waals surface area contributed by atoms with Crippen LogP contribution in [-0.2, 0) is 4.79 Å². The van der Waals surface area contributed by atoms with Gasteiger partial charge in [-0.05, 0) is 25.0 Å². The quantitative estimate of drug-likeness (QED) is 0.796. The first-order valence-corrected chi connectivity index (χ1v) is 8.48. The summed E-state index contributed by atoms with van der Waals surface area (Å²) < 4.78 is 1.92. The monoisotopic (exact) mass is 336 g/mol. The van der Waals surface area contributed by atoms with Crippen molar-refractivity contribution < 1.29 is 4.79 Å². The van der Waals surface area contributed by atoms with E-state index in [2.05, 4.69) is 20.3 Å². The molecule has 3 aromatic rings. The predicted octanol–water partition coefficient (Wildman–Crippen LogP) is 2.63. The van der Waals surface area contributed by atoms with Gasteiger partial charge in [0, 0.05) is 26.1 Å². The second-order valence-corrected chi connectivity index (χ2v) is 6.28. The van der Waals surface area contributed by atoms with Gasteiger partial charge in [-0.1, -0.05) is 12.1 Å². The summed E-state index contributed by atoms with van der Waals surface area (Å²) in [5.74, 6) is 1.60. The van der Waals surface area contributed by atoms with Crippen LogP contribution in [0.4, 0.5) is 11.6 Å². The molecule has 1 amide bonds. The number of benzene rings is 1. The van der Waals surface area contributed by atoms with Crippen LogP contribution in [0.15, 0.2) is 42.7 Å². The van der Waals surface area contributed by atoms with Gasteiger partial charge in [-0.3, -0.25) is 9.78 Å². The third-order valence-electron chi connectivity index (χ3n) is 4.54. The molecule has 128 valence electrons. The summed E-state index contributed by atoms with van der Waals surface area (Å²) in [5.41, 5.74) is 1.83. The van der Waals surface area contributed by atoms with Gasteiger partial charge in [-0.25, -0.2) is 9.67 Å². The standard InChI is InChI=1S/C18H20N6O/c1-13(25)21-17-6-9-20-24(17)14-7-10-23(11-8-14)18-12-19-15-4-2-3-5-16(15)22-18/h2-6,9,12,14H,7-8,10-11H2,1H3,(H,21,25). The smallest absolute Gasteiger partial charge is 0.222 e. The fourth-order valence-corrected chi connectivity index (χ4v) is 3.32. The van der Waals surface area contributed by atoms with E-state index in [0.29, 0.717) is 0 Å². The minimum Gasteiger partial charge on any atom is -0.355 e. The maximum Gasteiger partial charge on any atom is 0.222 e. The highest BCUT2D eigenvalue weighted by Gasteiger charge is 2.24. The maximum absolute atomic E-state index is 11.3. The van der Waals surface area contributed by atoms with Crippen molar-refractivity contribution >= 4 is 28.6 Å². The second kappa shape index (κ2) is 6.51. The minimum absolute atomic E-state index is 0.0781. The molecule has 1 saturated heterocycles. The fraction of sp³-hybridized carbons (Fsp3) is 0.333. The molecule has 0 spiro atoms. The molecular weight excluding hydrogens is 316 g/mol. The molecule has 0 radical (unpaired) electrons. The highest BCUT2D eigenvalue weighted by atomic mass is 16.1. The number of hydrogen-bond donors (Lipinski definition) is 1. The Labute approximate surface area is 145 Å². The number of hydrogen-bond acceptors (Lipinski definition) is 5. The fourth-order valence-electron chi connectivity index (χ4n) is 3.32. The number of rotatable bonds is 3. The molecule has 4 rings (SSSR count). The topological polar surface area (TPSA) is 75.9 Å². The summed E-state index contributed by atoms with van der Waals surface area (Å²) in [6, 6.07) is 10.0. The van der Waals surface area contributed by atoms with Crippen LogP contribution in [0.5, 0.6) is 0 Å². The molecule has 0 bridgehead atoms. The Bertz CT molecular complexity index is 897. The molecule has 1 fully saturated rings. The van der Waals surface area contributed by atoms with Crippen molar-refractivity contribution in [1.29, 1.82) is 0 Å². The minimum atomic E-state index is -0.0781. The largest absolute Gasteiger partial charge is 0.355 e. The summed E-state index contributed by atoms with van der Waals surface area (Å²) in [7, 11) is 0. The van der Waals surface area contributed by atoms with E-state index in [0.717, 1.165) is 48.6 Å². The summed E-state index contributed by atoms with van der Waals surface area (Å²) in [6.07, 6.45) is 5.47. The van der Waals surface area contributed by atoms with E-state index in [-0.39, 0.29) is 11.9 Å². The molecule has 3 heterocycles. The van der Waals surface area contributed by atoms with E-state index in [1.54, 1.807) is 6.20 Å². The van der Waals surface area contributed by atoms with Crippen molar-refractivity contribution in [3.05, 3.63) is 42.7 Å². The van der Waals surface area contributed by atoms with Crippen molar-refractivity contribution in [3.63, 3.8) is 0 Å². The van der Waals surface area contributed by atoms with E-state index in [9.17, 15) is 4.79 Å². The second-order valence-electron chi connectivity index (χ2n) is 6.28. The van der Waals surface area contributed by atoms with Crippen LogP contribution >= 0.6 is 0 Å². The first-order valence-electron chi connectivity index (χ1n) is 8.48. The lowest BCUT2D eigenvalue weighted by Crippen LogP contribution is -2.35. The number of nitrogens with zero attached hydrogens (tertiary/aromatic N) is 5. The lowest BCUT2D eigenvalue weighted by atomic mass is 10.1. The van der Waals surface area contributed by atoms with Gasteiger partial charge >= 0.3 is 0 Å². The molecule has 0 unspecified atom stereocenters. The molecule has 1 aromatic carbocycles. The zero-order valence-electron chi connectivity index (χ0n) is 14.1. The number of amides is 1. The average Bonchev–Trinajstić information content (AvgIpc) is 3.09. The zero-order chi connectivity index (χ0) is 17.2. The molecular formula is C18H20N6O. The van der Waals surface area contributed by atoms with Crippen LogP contribution in [0.1, 0.15) is 25.8 Å². The molecule has 25 heavy (non-hydrogen) atoms. The first-order chi connectivity index (χ1) is 12.2. The Kier molecular flexibility index (Phi) is 4.05. The molecule has 7 heteroatoms. The Morgan fingerprint density at radius 2 is 1.92 bits per heavy atom. The molecule has 0 aliphatic carbocycles. The number of piperidine rings is 1. The molecule has 1 N–H and O–H groups in total. The van der Waals surface area contributed by atoms with Gasteiger partial charge in [0.15, 0.2) is 0 Å². The van der Waals surface area contributed by atoms with E-state index < -0.39 is 0 Å². The maximum atomic E-state index is 11.3. The van der Waals surface area contributed by atoms with E-state index in [4.69, 9.17) is 4.98 Å². The first kappa shape index (κ1) is 15.6. The number of anilines is 2. The highest BCUT2D eigenvalue weighted by Crippen LogP contribution is 2.28. The van der Waals surface area contributed by atoms with Crippen molar-refractivity contribution in [2.45, 2.75) is 25.8 Å². The Balaban J connectivity index is 1.47. The number of para-hydroxylation sites is 2. The van der Waals surface area contributed by atoms with Gasteiger partial charge in [-0.15, -0.1) is 0 Å². The molecule has 0 atom stereocenters. The molecule has 1 aliphatic rings. The predicted molar refractivity (Wildman–Crippen MR) is 96.6 cm³/mol. The van der Waals surface area contributed by atoms with Crippen LogP contribution in [0.3, 0.4) is 0 Å². The van der Waals surface area contributed by atoms with E-state index in [1.807, 2.05) is 41.2 Å². The van der Waals surface area contributed by atoms with Gasteiger partial charge in [0.25, 0.3) is 0 Å². The average molecular weight is 336 g/mol. The SMILES string of the molecule is CC(=O)Nc1ccnn1C1CCN(c2cnc3ccccc3n2)CC1. The lowest BCUT2D eigenvalue weighted by Gasteiger charge is -2.33. The van der Waals surface area contributed by atoms with Crippen molar-refractivity contribution in [3.8, 4) is 0 Å². The summed E-state index contributed by atoms with van der Waals surface area (Å²) in [4.78, 5) is 22.8. The van der Waals surface area contributed by atoms with Crippen molar-refractivity contribution in [2.75, 3.05) is 23.3 Å². The molecule has 1 aliphatic heterocycles. The van der Waals surface area contributed by atoms with Crippen LogP contribution in [0, 0.1) is 0 Å². The molecule has 0 saturated carbocycles. The summed E-state index contributed by atoms with van der Waals surface area (Å²) in [6.45, 7) is 3.28. The molecule has 7 nitrogen and oxygen atoms in total. The van der Waals surface area contributed by atoms with Gasteiger partial charge in [0.05, 0.1) is 29.5 Å². The Hall–Kier alpha value is -2.96. The van der Waals surface area contributed by atoms with Crippen molar-refractivity contribution in [2.24, 2.45) is 0 Å². The van der Waals surface area contributed by atoms with Crippen LogP contribution < -0.4 is 10.2 Å². The van der Waals surface area contributed by atoms with Gasteiger partial charge in [0.1, 0.15) is 11.6 Å². The third kappa shape index (κ3) is 3.17. The lowest BCUT2D eigenvalue weighted by molar-refractivity contribution is -0.114. The van der Waals surface area contributed by atoms with Crippen LogP contribution in [-0.4, -0.2) is 38.7 Å². The molecule has 2 aromatic heterocycles. The van der Waals surface area contributed by atoms with Gasteiger partial charge in [-0.2, -0.15) is 5.10 Å². The van der Waals surface area contributed by atoms with Gasteiger partial charge in [0.2, 0.25) is 5.91 Å². The Morgan fingerprint density at radius 1 is 1.16 bits per heavy atom. The number of aromatic nitrogens is 4. The Morgan fingerprint density at radius 3 is 2.68 bits per heavy atom. The van der Waals surface area contributed by atoms with Crippen LogP contribution in [0.2, 0.25) is 0 Å². The van der Waals surface area contributed by atoms with E-state index >= 15 is 0 Å². The number of nitrogens with one attached hydrogen (secondary N) is 1.